The number of hydrogen-bond donors (Lipinski definition) is 1. The smallest absolute Gasteiger partial charge is 0.226 e. The van der Waals surface area contributed by atoms with Crippen LogP contribution in [0.1, 0.15) is 12.8 Å². The molecular formula is C12H15ClN4O. The molecule has 0 amide bonds. The van der Waals surface area contributed by atoms with Gasteiger partial charge in [-0.1, -0.05) is 0 Å². The Morgan fingerprint density at radius 2 is 2.44 bits per heavy atom. The number of halogens is 1. The molecule has 1 fully saturated rings. The topological polar surface area (TPSA) is 54.0 Å². The lowest BCUT2D eigenvalue weighted by molar-refractivity contribution is 0.180. The Labute approximate surface area is 110 Å². The highest BCUT2D eigenvalue weighted by atomic mass is 35.5. The van der Waals surface area contributed by atoms with E-state index < -0.39 is 0 Å². The number of fused-ring (bicyclic) bond motifs is 1. The lowest BCUT2D eigenvalue weighted by Crippen LogP contribution is -2.33. The third-order valence-corrected chi connectivity index (χ3v) is 3.55. The molecule has 1 N–H and O–H groups in total. The zero-order chi connectivity index (χ0) is 12.5. The van der Waals surface area contributed by atoms with Crippen LogP contribution in [0.25, 0.3) is 11.0 Å². The van der Waals surface area contributed by atoms with Crippen molar-refractivity contribution in [1.82, 2.24) is 15.0 Å². The molecule has 2 aromatic rings. The quantitative estimate of drug-likeness (QED) is 0.866. The number of nitrogens with zero attached hydrogens (tertiary/aromatic N) is 3. The summed E-state index contributed by atoms with van der Waals surface area (Å²) in [5.41, 5.74) is 0.785. The van der Waals surface area contributed by atoms with Gasteiger partial charge in [0.25, 0.3) is 0 Å². The van der Waals surface area contributed by atoms with Crippen LogP contribution in [0.4, 0.5) is 5.82 Å². The van der Waals surface area contributed by atoms with Gasteiger partial charge in [-0.3, -0.25) is 0 Å². The van der Waals surface area contributed by atoms with Gasteiger partial charge in [-0.15, -0.1) is 0 Å². The van der Waals surface area contributed by atoms with Crippen LogP contribution in [-0.4, -0.2) is 41.3 Å². The van der Waals surface area contributed by atoms with E-state index in [1.807, 2.05) is 12.3 Å². The summed E-state index contributed by atoms with van der Waals surface area (Å²) in [5, 5.41) is 1.30. The van der Waals surface area contributed by atoms with E-state index in [1.54, 1.807) is 7.11 Å². The molecule has 0 saturated carbocycles. The van der Waals surface area contributed by atoms with Crippen molar-refractivity contribution < 1.29 is 4.74 Å². The van der Waals surface area contributed by atoms with Gasteiger partial charge in [0.05, 0.1) is 18.0 Å². The Morgan fingerprint density at radius 1 is 1.56 bits per heavy atom. The first kappa shape index (κ1) is 11.7. The SMILES string of the molecule is COCC1CCCN1c1nc(Cl)nc2[nH]ccc12. The van der Waals surface area contributed by atoms with Gasteiger partial charge in [0.1, 0.15) is 11.5 Å². The Balaban J connectivity index is 2.04. The highest BCUT2D eigenvalue weighted by Crippen LogP contribution is 2.30. The van der Waals surface area contributed by atoms with Gasteiger partial charge in [0, 0.05) is 19.9 Å². The summed E-state index contributed by atoms with van der Waals surface area (Å²) in [6, 6.07) is 2.36. The Morgan fingerprint density at radius 3 is 3.28 bits per heavy atom. The van der Waals surface area contributed by atoms with Crippen LogP contribution >= 0.6 is 11.6 Å². The molecule has 1 unspecified atom stereocenters. The normalized spacial score (nSPS) is 19.9. The van der Waals surface area contributed by atoms with Gasteiger partial charge in [0.15, 0.2) is 0 Å². The van der Waals surface area contributed by atoms with Gasteiger partial charge < -0.3 is 14.6 Å². The predicted molar refractivity (Wildman–Crippen MR) is 71.1 cm³/mol. The summed E-state index contributed by atoms with van der Waals surface area (Å²) in [5.74, 6) is 0.908. The monoisotopic (exact) mass is 266 g/mol. The van der Waals surface area contributed by atoms with Crippen molar-refractivity contribution >= 4 is 28.5 Å². The highest BCUT2D eigenvalue weighted by Gasteiger charge is 2.27. The zero-order valence-electron chi connectivity index (χ0n) is 10.2. The third-order valence-electron chi connectivity index (χ3n) is 3.38. The molecule has 3 rings (SSSR count). The number of aromatic nitrogens is 3. The number of methoxy groups -OCH3 is 1. The van der Waals surface area contributed by atoms with Crippen LogP contribution in [0.2, 0.25) is 5.28 Å². The molecule has 6 heteroatoms. The van der Waals surface area contributed by atoms with Crippen molar-refractivity contribution in [3.8, 4) is 0 Å². The van der Waals surface area contributed by atoms with Crippen molar-refractivity contribution in [2.24, 2.45) is 0 Å². The summed E-state index contributed by atoms with van der Waals surface area (Å²) < 4.78 is 5.28. The molecule has 1 atom stereocenters. The van der Waals surface area contributed by atoms with E-state index in [2.05, 4.69) is 19.9 Å². The lowest BCUT2D eigenvalue weighted by atomic mass is 10.2. The molecule has 1 aliphatic rings. The minimum Gasteiger partial charge on any atom is -0.383 e. The van der Waals surface area contributed by atoms with E-state index in [4.69, 9.17) is 16.3 Å². The number of hydrogen-bond acceptors (Lipinski definition) is 4. The Bertz CT molecular complexity index is 556. The molecular weight excluding hydrogens is 252 g/mol. The fourth-order valence-electron chi connectivity index (χ4n) is 2.60. The Hall–Kier alpha value is -1.33. The molecule has 96 valence electrons. The van der Waals surface area contributed by atoms with E-state index in [9.17, 15) is 0 Å². The molecule has 0 radical (unpaired) electrons. The molecule has 0 aliphatic carbocycles. The van der Waals surface area contributed by atoms with Crippen molar-refractivity contribution in [1.29, 1.82) is 0 Å². The lowest BCUT2D eigenvalue weighted by Gasteiger charge is -2.25. The first-order valence-corrected chi connectivity index (χ1v) is 6.43. The van der Waals surface area contributed by atoms with Crippen LogP contribution in [0.3, 0.4) is 0 Å². The van der Waals surface area contributed by atoms with Crippen molar-refractivity contribution in [3.63, 3.8) is 0 Å². The van der Waals surface area contributed by atoms with Crippen molar-refractivity contribution in [3.05, 3.63) is 17.5 Å². The van der Waals surface area contributed by atoms with Gasteiger partial charge in [-0.25, -0.2) is 0 Å². The predicted octanol–water partition coefficient (Wildman–Crippen LogP) is 2.23. The first-order chi connectivity index (χ1) is 8.79. The molecule has 1 saturated heterocycles. The number of aromatic amines is 1. The van der Waals surface area contributed by atoms with Crippen LogP contribution < -0.4 is 4.90 Å². The fraction of sp³-hybridized carbons (Fsp3) is 0.500. The standard InChI is InChI=1S/C12H15ClN4O/c1-18-7-8-3-2-6-17(8)11-9-4-5-14-10(9)15-12(13)16-11/h4-5,8H,2-3,6-7H2,1H3,(H,14,15,16). The third kappa shape index (κ3) is 1.93. The maximum absolute atomic E-state index is 5.98. The van der Waals surface area contributed by atoms with E-state index >= 15 is 0 Å². The second-order valence-corrected chi connectivity index (χ2v) is 4.84. The van der Waals surface area contributed by atoms with Crippen molar-refractivity contribution in [2.45, 2.75) is 18.9 Å². The fourth-order valence-corrected chi connectivity index (χ4v) is 2.76. The first-order valence-electron chi connectivity index (χ1n) is 6.06. The number of rotatable bonds is 3. The molecule has 1 aliphatic heterocycles. The largest absolute Gasteiger partial charge is 0.383 e. The van der Waals surface area contributed by atoms with Gasteiger partial charge in [0.2, 0.25) is 5.28 Å². The molecule has 5 nitrogen and oxygen atoms in total. The second-order valence-electron chi connectivity index (χ2n) is 4.50. The van der Waals surface area contributed by atoms with Gasteiger partial charge >= 0.3 is 0 Å². The summed E-state index contributed by atoms with van der Waals surface area (Å²) in [6.07, 6.45) is 4.14. The summed E-state index contributed by atoms with van der Waals surface area (Å²) in [4.78, 5) is 13.9. The number of nitrogens with one attached hydrogen (secondary N) is 1. The number of H-pyrrole nitrogens is 1. The van der Waals surface area contributed by atoms with E-state index in [0.29, 0.717) is 12.6 Å². The second kappa shape index (κ2) is 4.74. The Kier molecular flexibility index (Phi) is 3.09. The van der Waals surface area contributed by atoms with Crippen molar-refractivity contribution in [2.75, 3.05) is 25.2 Å². The molecule has 0 bridgehead atoms. The van der Waals surface area contributed by atoms with E-state index in [0.717, 1.165) is 36.2 Å². The summed E-state index contributed by atoms with van der Waals surface area (Å²) >= 11 is 5.98. The van der Waals surface area contributed by atoms with E-state index in [-0.39, 0.29) is 5.28 Å². The minimum atomic E-state index is 0.281. The molecule has 2 aromatic heterocycles. The zero-order valence-corrected chi connectivity index (χ0v) is 10.9. The van der Waals surface area contributed by atoms with Crippen LogP contribution in [-0.2, 0) is 4.74 Å². The van der Waals surface area contributed by atoms with E-state index in [1.165, 1.54) is 0 Å². The maximum atomic E-state index is 5.98. The average molecular weight is 267 g/mol. The summed E-state index contributed by atoms with van der Waals surface area (Å²) in [6.45, 7) is 1.70. The number of anilines is 1. The maximum Gasteiger partial charge on any atom is 0.226 e. The average Bonchev–Trinajstić information content (AvgIpc) is 2.96. The van der Waals surface area contributed by atoms with Crippen LogP contribution in [0, 0.1) is 0 Å². The van der Waals surface area contributed by atoms with Crippen LogP contribution in [0.5, 0.6) is 0 Å². The summed E-state index contributed by atoms with van der Waals surface area (Å²) in [7, 11) is 1.73. The van der Waals surface area contributed by atoms with Crippen LogP contribution in [0.15, 0.2) is 12.3 Å². The minimum absolute atomic E-state index is 0.281. The highest BCUT2D eigenvalue weighted by molar-refractivity contribution is 6.28. The number of ether oxygens (including phenoxy) is 1. The molecule has 3 heterocycles. The molecule has 0 aromatic carbocycles. The van der Waals surface area contributed by atoms with Gasteiger partial charge in [-0.05, 0) is 30.5 Å². The van der Waals surface area contributed by atoms with Gasteiger partial charge in [-0.2, -0.15) is 9.97 Å². The molecule has 18 heavy (non-hydrogen) atoms. The molecule has 0 spiro atoms.